The molecule has 0 bridgehead atoms. The Morgan fingerprint density at radius 1 is 1.35 bits per heavy atom. The van der Waals surface area contributed by atoms with Gasteiger partial charge in [0.2, 0.25) is 5.91 Å². The molecule has 1 amide bonds. The SMILES string of the molecule is CCN(C(=O)CN1CCC(N)CC1)C(C)c1ccc(F)cc1.Cl. The van der Waals surface area contributed by atoms with Crippen LogP contribution in [0.4, 0.5) is 4.39 Å². The average Bonchev–Trinajstić information content (AvgIpc) is 2.51. The number of likely N-dealkylation sites (N-methyl/N-ethyl adjacent to an activating group) is 1. The molecule has 23 heavy (non-hydrogen) atoms. The second-order valence-corrected chi connectivity index (χ2v) is 6.02. The van der Waals surface area contributed by atoms with Crippen molar-refractivity contribution in [3.63, 3.8) is 0 Å². The van der Waals surface area contributed by atoms with Gasteiger partial charge in [-0.1, -0.05) is 12.1 Å². The Kier molecular flexibility index (Phi) is 7.95. The summed E-state index contributed by atoms with van der Waals surface area (Å²) in [5.74, 6) is -0.134. The van der Waals surface area contributed by atoms with E-state index in [1.54, 1.807) is 12.1 Å². The zero-order valence-corrected chi connectivity index (χ0v) is 14.7. The Balaban J connectivity index is 0.00000264. The zero-order valence-electron chi connectivity index (χ0n) is 13.9. The van der Waals surface area contributed by atoms with Crippen LogP contribution in [0.3, 0.4) is 0 Å². The van der Waals surface area contributed by atoms with E-state index >= 15 is 0 Å². The lowest BCUT2D eigenvalue weighted by molar-refractivity contribution is -0.134. The number of benzene rings is 1. The van der Waals surface area contributed by atoms with E-state index in [-0.39, 0.29) is 36.2 Å². The van der Waals surface area contributed by atoms with Crippen LogP contribution < -0.4 is 5.73 Å². The molecule has 6 heteroatoms. The highest BCUT2D eigenvalue weighted by molar-refractivity contribution is 5.85. The summed E-state index contributed by atoms with van der Waals surface area (Å²) in [6.45, 7) is 6.81. The minimum absolute atomic E-state index is 0. The summed E-state index contributed by atoms with van der Waals surface area (Å²) < 4.78 is 13.0. The van der Waals surface area contributed by atoms with Gasteiger partial charge in [0.15, 0.2) is 0 Å². The van der Waals surface area contributed by atoms with E-state index in [4.69, 9.17) is 5.73 Å². The fraction of sp³-hybridized carbons (Fsp3) is 0.588. The molecular weight excluding hydrogens is 317 g/mol. The molecule has 1 fully saturated rings. The van der Waals surface area contributed by atoms with E-state index < -0.39 is 0 Å². The van der Waals surface area contributed by atoms with Crippen molar-refractivity contribution in [2.24, 2.45) is 5.73 Å². The van der Waals surface area contributed by atoms with Crippen molar-refractivity contribution in [1.82, 2.24) is 9.80 Å². The lowest BCUT2D eigenvalue weighted by atomic mass is 10.1. The molecule has 1 aromatic carbocycles. The molecule has 2 N–H and O–H groups in total. The molecule has 1 aromatic rings. The van der Waals surface area contributed by atoms with E-state index in [0.717, 1.165) is 31.5 Å². The third kappa shape index (κ3) is 5.44. The fourth-order valence-electron chi connectivity index (χ4n) is 2.98. The predicted octanol–water partition coefficient (Wildman–Crippen LogP) is 2.58. The van der Waals surface area contributed by atoms with Crippen molar-refractivity contribution in [3.8, 4) is 0 Å². The molecule has 1 aliphatic heterocycles. The van der Waals surface area contributed by atoms with Crippen molar-refractivity contribution in [1.29, 1.82) is 0 Å². The summed E-state index contributed by atoms with van der Waals surface area (Å²) in [6, 6.07) is 6.59. The maximum atomic E-state index is 13.0. The monoisotopic (exact) mass is 343 g/mol. The first-order valence-corrected chi connectivity index (χ1v) is 8.04. The standard InChI is InChI=1S/C17H26FN3O.ClH/c1-3-21(13(2)14-4-6-15(18)7-5-14)17(22)12-20-10-8-16(19)9-11-20;/h4-7,13,16H,3,8-12,19H2,1-2H3;1H. The van der Waals surface area contributed by atoms with Crippen molar-refractivity contribution < 1.29 is 9.18 Å². The molecular formula is C17H27ClFN3O. The van der Waals surface area contributed by atoms with Gasteiger partial charge in [-0.3, -0.25) is 9.69 Å². The van der Waals surface area contributed by atoms with Crippen molar-refractivity contribution in [3.05, 3.63) is 35.6 Å². The summed E-state index contributed by atoms with van der Waals surface area (Å²) >= 11 is 0. The highest BCUT2D eigenvalue weighted by Crippen LogP contribution is 2.21. The van der Waals surface area contributed by atoms with Gasteiger partial charge >= 0.3 is 0 Å². The smallest absolute Gasteiger partial charge is 0.237 e. The molecule has 1 aliphatic rings. The largest absolute Gasteiger partial charge is 0.335 e. The molecule has 1 heterocycles. The first-order chi connectivity index (χ1) is 10.5. The number of amides is 1. The molecule has 0 spiro atoms. The second-order valence-electron chi connectivity index (χ2n) is 6.02. The minimum atomic E-state index is -0.255. The van der Waals surface area contributed by atoms with Gasteiger partial charge in [0.25, 0.3) is 0 Å². The number of nitrogens with two attached hydrogens (primary N) is 1. The van der Waals surface area contributed by atoms with E-state index in [0.29, 0.717) is 13.1 Å². The lowest BCUT2D eigenvalue weighted by Gasteiger charge is -2.34. The molecule has 2 rings (SSSR count). The van der Waals surface area contributed by atoms with Gasteiger partial charge in [-0.05, 0) is 44.4 Å². The number of likely N-dealkylation sites (tertiary alicyclic amines) is 1. The molecule has 0 aromatic heterocycles. The van der Waals surface area contributed by atoms with Crippen LogP contribution in [0.2, 0.25) is 0 Å². The van der Waals surface area contributed by atoms with Gasteiger partial charge in [0.1, 0.15) is 5.82 Å². The number of carbonyl (C=O) groups is 1. The van der Waals surface area contributed by atoms with Gasteiger partial charge in [0.05, 0.1) is 12.6 Å². The Bertz CT molecular complexity index is 489. The molecule has 1 unspecified atom stereocenters. The van der Waals surface area contributed by atoms with Crippen LogP contribution in [-0.2, 0) is 4.79 Å². The molecule has 1 saturated heterocycles. The zero-order chi connectivity index (χ0) is 16.1. The Hall–Kier alpha value is -1.17. The van der Waals surface area contributed by atoms with Crippen LogP contribution >= 0.6 is 12.4 Å². The molecule has 0 aliphatic carbocycles. The van der Waals surface area contributed by atoms with Crippen LogP contribution in [0.1, 0.15) is 38.3 Å². The maximum Gasteiger partial charge on any atom is 0.237 e. The van der Waals surface area contributed by atoms with Crippen LogP contribution in [0.15, 0.2) is 24.3 Å². The van der Waals surface area contributed by atoms with Crippen LogP contribution in [0.25, 0.3) is 0 Å². The fourth-order valence-corrected chi connectivity index (χ4v) is 2.98. The minimum Gasteiger partial charge on any atom is -0.335 e. The molecule has 0 saturated carbocycles. The number of hydrogen-bond acceptors (Lipinski definition) is 3. The quantitative estimate of drug-likeness (QED) is 0.894. The van der Waals surface area contributed by atoms with Crippen LogP contribution in [-0.4, -0.2) is 47.9 Å². The normalized spacial score (nSPS) is 17.4. The Morgan fingerprint density at radius 2 is 1.91 bits per heavy atom. The van der Waals surface area contributed by atoms with E-state index in [2.05, 4.69) is 4.90 Å². The van der Waals surface area contributed by atoms with E-state index in [1.165, 1.54) is 12.1 Å². The number of piperidine rings is 1. The Morgan fingerprint density at radius 3 is 2.43 bits per heavy atom. The van der Waals surface area contributed by atoms with E-state index in [1.807, 2.05) is 18.7 Å². The first-order valence-electron chi connectivity index (χ1n) is 8.04. The third-order valence-electron chi connectivity index (χ3n) is 4.47. The summed E-state index contributed by atoms with van der Waals surface area (Å²) in [6.07, 6.45) is 1.90. The molecule has 130 valence electrons. The van der Waals surface area contributed by atoms with Gasteiger partial charge in [-0.25, -0.2) is 4.39 Å². The topological polar surface area (TPSA) is 49.6 Å². The summed E-state index contributed by atoms with van der Waals surface area (Å²) in [4.78, 5) is 16.6. The number of rotatable bonds is 5. The predicted molar refractivity (Wildman–Crippen MR) is 93.1 cm³/mol. The summed E-state index contributed by atoms with van der Waals surface area (Å²) in [5.41, 5.74) is 6.85. The van der Waals surface area contributed by atoms with Gasteiger partial charge in [0, 0.05) is 25.7 Å². The summed E-state index contributed by atoms with van der Waals surface area (Å²) in [5, 5.41) is 0. The van der Waals surface area contributed by atoms with Crippen molar-refractivity contribution in [2.45, 2.75) is 38.8 Å². The third-order valence-corrected chi connectivity index (χ3v) is 4.47. The van der Waals surface area contributed by atoms with Crippen LogP contribution in [0, 0.1) is 5.82 Å². The average molecular weight is 344 g/mol. The van der Waals surface area contributed by atoms with Gasteiger partial charge < -0.3 is 10.6 Å². The Labute approximate surface area is 144 Å². The number of halogens is 2. The van der Waals surface area contributed by atoms with Gasteiger partial charge in [-0.2, -0.15) is 0 Å². The van der Waals surface area contributed by atoms with E-state index in [9.17, 15) is 9.18 Å². The summed E-state index contributed by atoms with van der Waals surface area (Å²) in [7, 11) is 0. The van der Waals surface area contributed by atoms with Gasteiger partial charge in [-0.15, -0.1) is 12.4 Å². The number of carbonyl (C=O) groups excluding carboxylic acids is 1. The molecule has 1 atom stereocenters. The highest BCUT2D eigenvalue weighted by atomic mass is 35.5. The maximum absolute atomic E-state index is 13.0. The number of hydrogen-bond donors (Lipinski definition) is 1. The van der Waals surface area contributed by atoms with Crippen molar-refractivity contribution in [2.75, 3.05) is 26.2 Å². The lowest BCUT2D eigenvalue weighted by Crippen LogP contribution is -2.46. The highest BCUT2D eigenvalue weighted by Gasteiger charge is 2.24. The molecule has 0 radical (unpaired) electrons. The molecule has 4 nitrogen and oxygen atoms in total. The van der Waals surface area contributed by atoms with Crippen molar-refractivity contribution >= 4 is 18.3 Å². The van der Waals surface area contributed by atoms with Crippen LogP contribution in [0.5, 0.6) is 0 Å². The number of nitrogens with zero attached hydrogens (tertiary/aromatic N) is 2. The first kappa shape index (κ1) is 19.9. The second kappa shape index (κ2) is 9.21.